The third-order valence-electron chi connectivity index (χ3n) is 5.88. The molecule has 1 fully saturated rings. The summed E-state index contributed by atoms with van der Waals surface area (Å²) in [5.41, 5.74) is 7.25. The molecule has 0 bridgehead atoms. The molecule has 3 aromatic carbocycles. The molecule has 1 unspecified atom stereocenters. The van der Waals surface area contributed by atoms with Crippen molar-refractivity contribution in [3.8, 4) is 5.75 Å². The molecular formula is C27H23FN4O4. The first-order valence-electron chi connectivity index (χ1n) is 11.3. The number of morpholine rings is 1. The summed E-state index contributed by atoms with van der Waals surface area (Å²) in [5.74, 6) is -0.594. The standard InChI is InChI=1S/C27H23FN4O4/c28-23-4-2-1-3-21(23)25(36-20-10-5-17-11-12-30-26(29)22(17)15-20)27(34)31-18-6-8-19(9-7-18)32-13-14-35-16-24(32)33/h1-12,15,25H,13-14,16H2,(H2,29,30)(H,31,34). The lowest BCUT2D eigenvalue weighted by molar-refractivity contribution is -0.125. The van der Waals surface area contributed by atoms with Gasteiger partial charge in [0.1, 0.15) is 24.0 Å². The van der Waals surface area contributed by atoms with Gasteiger partial charge in [0, 0.05) is 35.1 Å². The lowest BCUT2D eigenvalue weighted by atomic mass is 10.1. The normalized spacial score (nSPS) is 14.5. The minimum Gasteiger partial charge on any atom is -0.476 e. The number of fused-ring (bicyclic) bond motifs is 1. The Kier molecular flexibility index (Phi) is 6.46. The number of benzene rings is 3. The van der Waals surface area contributed by atoms with E-state index < -0.39 is 17.8 Å². The van der Waals surface area contributed by atoms with Gasteiger partial charge in [0.25, 0.3) is 11.8 Å². The van der Waals surface area contributed by atoms with E-state index in [4.69, 9.17) is 15.2 Å². The van der Waals surface area contributed by atoms with Crippen LogP contribution in [0.15, 0.2) is 79.0 Å². The van der Waals surface area contributed by atoms with Crippen molar-refractivity contribution in [3.63, 3.8) is 0 Å². The van der Waals surface area contributed by atoms with Gasteiger partial charge in [0.2, 0.25) is 6.10 Å². The fourth-order valence-electron chi connectivity index (χ4n) is 4.05. The smallest absolute Gasteiger partial charge is 0.270 e. The number of ether oxygens (including phenoxy) is 2. The van der Waals surface area contributed by atoms with Crippen LogP contribution in [0, 0.1) is 5.82 Å². The first-order chi connectivity index (χ1) is 17.5. The summed E-state index contributed by atoms with van der Waals surface area (Å²) in [7, 11) is 0. The molecule has 182 valence electrons. The molecule has 8 nitrogen and oxygen atoms in total. The zero-order valence-electron chi connectivity index (χ0n) is 19.2. The Balaban J connectivity index is 1.40. The maximum absolute atomic E-state index is 14.7. The highest BCUT2D eigenvalue weighted by Crippen LogP contribution is 2.30. The third kappa shape index (κ3) is 4.82. The lowest BCUT2D eigenvalue weighted by Gasteiger charge is -2.27. The van der Waals surface area contributed by atoms with Crippen LogP contribution in [0.2, 0.25) is 0 Å². The van der Waals surface area contributed by atoms with Crippen molar-refractivity contribution in [2.45, 2.75) is 6.10 Å². The zero-order valence-corrected chi connectivity index (χ0v) is 19.2. The Morgan fingerprint density at radius 1 is 1.11 bits per heavy atom. The molecule has 0 radical (unpaired) electrons. The number of nitrogen functional groups attached to an aromatic ring is 1. The van der Waals surface area contributed by atoms with Gasteiger partial charge in [0.05, 0.1) is 6.61 Å². The van der Waals surface area contributed by atoms with Gasteiger partial charge >= 0.3 is 0 Å². The molecule has 1 saturated heterocycles. The van der Waals surface area contributed by atoms with Crippen LogP contribution in [0.3, 0.4) is 0 Å². The van der Waals surface area contributed by atoms with E-state index in [1.165, 1.54) is 12.1 Å². The van der Waals surface area contributed by atoms with Crippen molar-refractivity contribution in [1.82, 2.24) is 4.98 Å². The number of carbonyl (C=O) groups is 2. The second-order valence-electron chi connectivity index (χ2n) is 8.23. The maximum Gasteiger partial charge on any atom is 0.270 e. The summed E-state index contributed by atoms with van der Waals surface area (Å²) in [6.45, 7) is 0.957. The van der Waals surface area contributed by atoms with Gasteiger partial charge in [-0.25, -0.2) is 9.37 Å². The Morgan fingerprint density at radius 3 is 2.69 bits per heavy atom. The number of rotatable bonds is 6. The van der Waals surface area contributed by atoms with E-state index in [0.29, 0.717) is 41.5 Å². The molecule has 1 aliphatic heterocycles. The highest BCUT2D eigenvalue weighted by atomic mass is 19.1. The Labute approximate surface area is 206 Å². The Hall–Kier alpha value is -4.50. The molecule has 3 N–H and O–H groups in total. The van der Waals surface area contributed by atoms with E-state index in [0.717, 1.165) is 5.39 Å². The Morgan fingerprint density at radius 2 is 1.92 bits per heavy atom. The van der Waals surface area contributed by atoms with Gasteiger partial charge in [-0.15, -0.1) is 0 Å². The monoisotopic (exact) mass is 486 g/mol. The van der Waals surface area contributed by atoms with E-state index in [1.807, 2.05) is 6.07 Å². The van der Waals surface area contributed by atoms with Gasteiger partial charge in [-0.2, -0.15) is 0 Å². The van der Waals surface area contributed by atoms with Crippen molar-refractivity contribution >= 4 is 39.8 Å². The number of hydrogen-bond donors (Lipinski definition) is 2. The first-order valence-corrected chi connectivity index (χ1v) is 11.3. The van der Waals surface area contributed by atoms with Crippen molar-refractivity contribution in [2.24, 2.45) is 0 Å². The van der Waals surface area contributed by atoms with Gasteiger partial charge in [-0.3, -0.25) is 9.59 Å². The highest BCUT2D eigenvalue weighted by molar-refractivity contribution is 5.97. The first kappa shape index (κ1) is 23.3. The summed E-state index contributed by atoms with van der Waals surface area (Å²) in [6.07, 6.45) is 0.329. The van der Waals surface area contributed by atoms with E-state index in [2.05, 4.69) is 10.3 Å². The number of hydrogen-bond acceptors (Lipinski definition) is 6. The number of pyridine rings is 1. The summed E-state index contributed by atoms with van der Waals surface area (Å²) >= 11 is 0. The number of carbonyl (C=O) groups excluding carboxylic acids is 2. The van der Waals surface area contributed by atoms with Crippen LogP contribution in [0.1, 0.15) is 11.7 Å². The minimum atomic E-state index is -1.28. The summed E-state index contributed by atoms with van der Waals surface area (Å²) in [4.78, 5) is 31.1. The second kappa shape index (κ2) is 10.0. The summed E-state index contributed by atoms with van der Waals surface area (Å²) < 4.78 is 25.9. The van der Waals surface area contributed by atoms with Crippen LogP contribution in [-0.4, -0.2) is 36.6 Å². The molecular weight excluding hydrogens is 463 g/mol. The van der Waals surface area contributed by atoms with Gasteiger partial charge < -0.3 is 25.4 Å². The summed E-state index contributed by atoms with van der Waals surface area (Å²) in [6, 6.07) is 19.8. The van der Waals surface area contributed by atoms with Gasteiger partial charge in [-0.05, 0) is 53.9 Å². The van der Waals surface area contributed by atoms with Gasteiger partial charge in [0.15, 0.2) is 0 Å². The Bertz CT molecular complexity index is 1430. The van der Waals surface area contributed by atoms with E-state index >= 15 is 0 Å². The molecule has 2 amide bonds. The van der Waals surface area contributed by atoms with Crippen molar-refractivity contribution in [2.75, 3.05) is 35.7 Å². The molecule has 0 aliphatic carbocycles. The van der Waals surface area contributed by atoms with Crippen LogP contribution >= 0.6 is 0 Å². The average molecular weight is 487 g/mol. The molecule has 5 rings (SSSR count). The van der Waals surface area contributed by atoms with E-state index in [9.17, 15) is 14.0 Å². The largest absolute Gasteiger partial charge is 0.476 e. The molecule has 0 spiro atoms. The molecule has 1 aromatic heterocycles. The fourth-order valence-corrected chi connectivity index (χ4v) is 4.05. The van der Waals surface area contributed by atoms with Crippen LogP contribution in [-0.2, 0) is 14.3 Å². The quantitative estimate of drug-likeness (QED) is 0.425. The number of halogens is 1. The van der Waals surface area contributed by atoms with Crippen molar-refractivity contribution in [3.05, 3.63) is 90.4 Å². The molecule has 0 saturated carbocycles. The lowest BCUT2D eigenvalue weighted by Crippen LogP contribution is -2.41. The predicted octanol–water partition coefficient (Wildman–Crippen LogP) is 4.08. The average Bonchev–Trinajstić information content (AvgIpc) is 2.89. The van der Waals surface area contributed by atoms with Crippen LogP contribution in [0.4, 0.5) is 21.6 Å². The number of nitrogens with one attached hydrogen (secondary N) is 1. The molecule has 4 aromatic rings. The number of nitrogens with zero attached hydrogens (tertiary/aromatic N) is 2. The van der Waals surface area contributed by atoms with Gasteiger partial charge in [-0.1, -0.05) is 24.3 Å². The molecule has 2 heterocycles. The SMILES string of the molecule is Nc1nccc2ccc(OC(C(=O)Nc3ccc(N4CCOCC4=O)cc3)c3ccccc3F)cc12. The minimum absolute atomic E-state index is 0.0383. The number of nitrogens with two attached hydrogens (primary N) is 1. The topological polar surface area (TPSA) is 107 Å². The van der Waals surface area contributed by atoms with Crippen LogP contribution in [0.5, 0.6) is 5.75 Å². The second-order valence-corrected chi connectivity index (χ2v) is 8.23. The predicted molar refractivity (Wildman–Crippen MR) is 134 cm³/mol. The zero-order chi connectivity index (χ0) is 25.1. The van der Waals surface area contributed by atoms with E-state index in [1.54, 1.807) is 65.7 Å². The fraction of sp³-hybridized carbons (Fsp3) is 0.148. The third-order valence-corrected chi connectivity index (χ3v) is 5.88. The van der Waals surface area contributed by atoms with Crippen molar-refractivity contribution in [1.29, 1.82) is 0 Å². The maximum atomic E-state index is 14.7. The molecule has 36 heavy (non-hydrogen) atoms. The number of anilines is 3. The van der Waals surface area contributed by atoms with Crippen molar-refractivity contribution < 1.29 is 23.5 Å². The number of aromatic nitrogens is 1. The molecule has 1 atom stereocenters. The molecule has 9 heteroatoms. The highest BCUT2D eigenvalue weighted by Gasteiger charge is 2.26. The molecule has 1 aliphatic rings. The van der Waals surface area contributed by atoms with Crippen LogP contribution in [0.25, 0.3) is 10.8 Å². The summed E-state index contributed by atoms with van der Waals surface area (Å²) in [5, 5.41) is 4.31. The van der Waals surface area contributed by atoms with E-state index in [-0.39, 0.29) is 18.1 Å². The van der Waals surface area contributed by atoms with Crippen LogP contribution < -0.4 is 20.7 Å². The number of amides is 2.